The van der Waals surface area contributed by atoms with E-state index in [1.807, 2.05) is 6.07 Å². The minimum Gasteiger partial charge on any atom is -0.497 e. The molecular weight excluding hydrogens is 323 g/mol. The van der Waals surface area contributed by atoms with Gasteiger partial charge in [-0.3, -0.25) is 4.79 Å². The molecule has 0 unspecified atom stereocenters. The van der Waals surface area contributed by atoms with E-state index in [1.165, 1.54) is 29.3 Å². The van der Waals surface area contributed by atoms with E-state index in [0.717, 1.165) is 5.56 Å². The van der Waals surface area contributed by atoms with E-state index in [1.54, 1.807) is 39.4 Å². The van der Waals surface area contributed by atoms with Crippen molar-refractivity contribution < 1.29 is 18.7 Å². The van der Waals surface area contributed by atoms with Crippen molar-refractivity contribution in [1.82, 2.24) is 0 Å². The molecule has 3 rings (SSSR count). The van der Waals surface area contributed by atoms with Gasteiger partial charge in [0.05, 0.1) is 31.2 Å². The first-order valence-electron chi connectivity index (χ1n) is 7.63. The lowest BCUT2D eigenvalue weighted by Gasteiger charge is -2.11. The SMILES string of the molecule is COc1ccc(/C=C2/C(=O)N(c3ccc(F)cc3)N=C2C)c(OC)c1. The zero-order valence-corrected chi connectivity index (χ0v) is 14.1. The Morgan fingerprint density at radius 2 is 1.80 bits per heavy atom. The molecule has 5 nitrogen and oxygen atoms in total. The number of benzene rings is 2. The van der Waals surface area contributed by atoms with Crippen LogP contribution in [0.1, 0.15) is 12.5 Å². The van der Waals surface area contributed by atoms with Crippen LogP contribution < -0.4 is 14.5 Å². The van der Waals surface area contributed by atoms with E-state index in [4.69, 9.17) is 9.47 Å². The third-order valence-corrected chi connectivity index (χ3v) is 3.87. The molecule has 6 heteroatoms. The molecule has 2 aromatic carbocycles. The van der Waals surface area contributed by atoms with Gasteiger partial charge >= 0.3 is 0 Å². The summed E-state index contributed by atoms with van der Waals surface area (Å²) in [6.45, 7) is 1.75. The normalized spacial score (nSPS) is 15.5. The number of carbonyl (C=O) groups is 1. The zero-order chi connectivity index (χ0) is 18.0. The second kappa shape index (κ2) is 6.76. The summed E-state index contributed by atoms with van der Waals surface area (Å²) in [7, 11) is 3.13. The van der Waals surface area contributed by atoms with Gasteiger partial charge in [0.25, 0.3) is 5.91 Å². The summed E-state index contributed by atoms with van der Waals surface area (Å²) in [5.74, 6) is 0.611. The zero-order valence-electron chi connectivity index (χ0n) is 14.1. The van der Waals surface area contributed by atoms with Crippen molar-refractivity contribution in [3.63, 3.8) is 0 Å². The molecule has 0 saturated heterocycles. The van der Waals surface area contributed by atoms with Gasteiger partial charge in [0.2, 0.25) is 0 Å². The number of nitrogens with zero attached hydrogens (tertiary/aromatic N) is 2. The van der Waals surface area contributed by atoms with Gasteiger partial charge in [0, 0.05) is 11.6 Å². The van der Waals surface area contributed by atoms with Crippen molar-refractivity contribution in [1.29, 1.82) is 0 Å². The number of anilines is 1. The number of methoxy groups -OCH3 is 2. The average Bonchev–Trinajstić information content (AvgIpc) is 2.91. The molecule has 1 aliphatic rings. The lowest BCUT2D eigenvalue weighted by Crippen LogP contribution is -2.21. The molecular formula is C19H17FN2O3. The molecule has 25 heavy (non-hydrogen) atoms. The molecule has 0 N–H and O–H groups in total. The molecule has 1 aliphatic heterocycles. The molecule has 0 spiro atoms. The lowest BCUT2D eigenvalue weighted by molar-refractivity contribution is -0.114. The second-order valence-electron chi connectivity index (χ2n) is 5.44. The summed E-state index contributed by atoms with van der Waals surface area (Å²) < 4.78 is 23.6. The van der Waals surface area contributed by atoms with Gasteiger partial charge in [-0.15, -0.1) is 0 Å². The third kappa shape index (κ3) is 3.24. The van der Waals surface area contributed by atoms with Crippen LogP contribution in [0.25, 0.3) is 6.08 Å². The molecule has 0 atom stereocenters. The van der Waals surface area contributed by atoms with Crippen LogP contribution in [0.5, 0.6) is 11.5 Å². The number of amides is 1. The Bertz CT molecular complexity index is 873. The van der Waals surface area contributed by atoms with E-state index in [2.05, 4.69) is 5.10 Å². The third-order valence-electron chi connectivity index (χ3n) is 3.87. The topological polar surface area (TPSA) is 51.1 Å². The highest BCUT2D eigenvalue weighted by molar-refractivity contribution is 6.32. The molecule has 0 radical (unpaired) electrons. The smallest absolute Gasteiger partial charge is 0.280 e. The van der Waals surface area contributed by atoms with Crippen LogP contribution in [-0.4, -0.2) is 25.8 Å². The highest BCUT2D eigenvalue weighted by atomic mass is 19.1. The Morgan fingerprint density at radius 3 is 2.44 bits per heavy atom. The van der Waals surface area contributed by atoms with Crippen molar-refractivity contribution in [2.24, 2.45) is 5.10 Å². The summed E-state index contributed by atoms with van der Waals surface area (Å²) in [5, 5.41) is 5.54. The standard InChI is InChI=1S/C19H17FN2O3/c1-12-17(10-13-4-9-16(24-2)11-18(13)25-3)19(23)22(21-12)15-7-5-14(20)6-8-15/h4-11H,1-3H3/b17-10+. The molecule has 2 aromatic rings. The van der Waals surface area contributed by atoms with E-state index in [0.29, 0.717) is 28.5 Å². The highest BCUT2D eigenvalue weighted by Gasteiger charge is 2.29. The first-order chi connectivity index (χ1) is 12.0. The number of carbonyl (C=O) groups excluding carboxylic acids is 1. The van der Waals surface area contributed by atoms with Crippen LogP contribution in [0.4, 0.5) is 10.1 Å². The fraction of sp³-hybridized carbons (Fsp3) is 0.158. The Balaban J connectivity index is 1.96. The number of hydrogen-bond donors (Lipinski definition) is 0. The van der Waals surface area contributed by atoms with Gasteiger partial charge in [0.1, 0.15) is 17.3 Å². The van der Waals surface area contributed by atoms with Gasteiger partial charge in [-0.1, -0.05) is 0 Å². The average molecular weight is 340 g/mol. The maximum Gasteiger partial charge on any atom is 0.280 e. The summed E-state index contributed by atoms with van der Waals surface area (Å²) >= 11 is 0. The first-order valence-corrected chi connectivity index (χ1v) is 7.63. The van der Waals surface area contributed by atoms with Crippen molar-refractivity contribution >= 4 is 23.4 Å². The molecule has 0 saturated carbocycles. The number of ether oxygens (including phenoxy) is 2. The van der Waals surface area contributed by atoms with Crippen LogP contribution in [0.3, 0.4) is 0 Å². The Morgan fingerprint density at radius 1 is 1.08 bits per heavy atom. The number of rotatable bonds is 4. The van der Waals surface area contributed by atoms with E-state index in [-0.39, 0.29) is 11.7 Å². The van der Waals surface area contributed by atoms with E-state index >= 15 is 0 Å². The minimum absolute atomic E-state index is 0.276. The fourth-order valence-electron chi connectivity index (χ4n) is 2.53. The monoisotopic (exact) mass is 340 g/mol. The summed E-state index contributed by atoms with van der Waals surface area (Å²) in [6.07, 6.45) is 1.73. The fourth-order valence-corrected chi connectivity index (χ4v) is 2.53. The molecule has 1 heterocycles. The largest absolute Gasteiger partial charge is 0.497 e. The van der Waals surface area contributed by atoms with Gasteiger partial charge in [-0.2, -0.15) is 10.1 Å². The summed E-state index contributed by atoms with van der Waals surface area (Å²) in [4.78, 5) is 12.7. The predicted octanol–water partition coefficient (Wildman–Crippen LogP) is 3.65. The van der Waals surface area contributed by atoms with Crippen molar-refractivity contribution in [2.75, 3.05) is 19.2 Å². The second-order valence-corrected chi connectivity index (χ2v) is 5.44. The first kappa shape index (κ1) is 16.7. The van der Waals surface area contributed by atoms with Crippen LogP contribution in [0.15, 0.2) is 53.1 Å². The Kier molecular flexibility index (Phi) is 4.52. The molecule has 0 fully saturated rings. The van der Waals surface area contributed by atoms with Gasteiger partial charge in [-0.25, -0.2) is 4.39 Å². The summed E-state index contributed by atoms with van der Waals surface area (Å²) in [6, 6.07) is 11.0. The van der Waals surface area contributed by atoms with Crippen LogP contribution in [0.2, 0.25) is 0 Å². The lowest BCUT2D eigenvalue weighted by atomic mass is 10.1. The molecule has 0 aromatic heterocycles. The van der Waals surface area contributed by atoms with Crippen molar-refractivity contribution in [3.05, 3.63) is 59.4 Å². The van der Waals surface area contributed by atoms with Crippen molar-refractivity contribution in [2.45, 2.75) is 6.92 Å². The molecule has 1 amide bonds. The Hall–Kier alpha value is -3.15. The predicted molar refractivity (Wildman–Crippen MR) is 94.5 cm³/mol. The van der Waals surface area contributed by atoms with Gasteiger partial charge in [-0.05, 0) is 49.4 Å². The van der Waals surface area contributed by atoms with E-state index < -0.39 is 0 Å². The number of halogens is 1. The van der Waals surface area contributed by atoms with Crippen molar-refractivity contribution in [3.8, 4) is 11.5 Å². The minimum atomic E-state index is -0.366. The van der Waals surface area contributed by atoms with Crippen LogP contribution in [0, 0.1) is 5.82 Å². The maximum atomic E-state index is 13.1. The quantitative estimate of drug-likeness (QED) is 0.798. The highest BCUT2D eigenvalue weighted by Crippen LogP contribution is 2.30. The molecule has 0 aliphatic carbocycles. The molecule has 128 valence electrons. The summed E-state index contributed by atoms with van der Waals surface area (Å²) in [5.41, 5.74) is 2.28. The van der Waals surface area contributed by atoms with Gasteiger partial charge < -0.3 is 9.47 Å². The van der Waals surface area contributed by atoms with Crippen LogP contribution >= 0.6 is 0 Å². The number of hydrazone groups is 1. The maximum absolute atomic E-state index is 13.1. The van der Waals surface area contributed by atoms with Gasteiger partial charge in [0.15, 0.2) is 0 Å². The van der Waals surface area contributed by atoms with E-state index in [9.17, 15) is 9.18 Å². The Labute approximate surface area is 145 Å². The van der Waals surface area contributed by atoms with Crippen LogP contribution in [-0.2, 0) is 4.79 Å². The number of hydrogen-bond acceptors (Lipinski definition) is 4. The molecule has 0 bridgehead atoms.